The Morgan fingerprint density at radius 2 is 1.78 bits per heavy atom. The molecule has 2 aromatic carbocycles. The molecule has 122 valence electrons. The number of amides is 1. The van der Waals surface area contributed by atoms with Gasteiger partial charge in [-0.3, -0.25) is 4.79 Å². The van der Waals surface area contributed by atoms with E-state index in [0.29, 0.717) is 13.1 Å². The van der Waals surface area contributed by atoms with Crippen LogP contribution in [0.1, 0.15) is 30.5 Å². The number of carbonyl (C=O) groups is 1. The summed E-state index contributed by atoms with van der Waals surface area (Å²) in [6.07, 6.45) is 1.80. The van der Waals surface area contributed by atoms with Crippen molar-refractivity contribution in [3.05, 3.63) is 70.2 Å². The van der Waals surface area contributed by atoms with Crippen LogP contribution in [0.2, 0.25) is 0 Å². The molecule has 2 aromatic rings. The highest BCUT2D eigenvalue weighted by atomic mass is 79.9. The maximum absolute atomic E-state index is 12.0. The first-order valence-electron chi connectivity index (χ1n) is 7.98. The number of nitrogens with one attached hydrogen (secondary N) is 2. The Balaban J connectivity index is 1.73. The molecule has 0 radical (unpaired) electrons. The average Bonchev–Trinajstić information content (AvgIpc) is 2.58. The van der Waals surface area contributed by atoms with Gasteiger partial charge in [-0.1, -0.05) is 65.3 Å². The van der Waals surface area contributed by atoms with Gasteiger partial charge >= 0.3 is 0 Å². The molecule has 23 heavy (non-hydrogen) atoms. The van der Waals surface area contributed by atoms with Crippen molar-refractivity contribution in [3.63, 3.8) is 0 Å². The van der Waals surface area contributed by atoms with Gasteiger partial charge in [-0.15, -0.1) is 0 Å². The van der Waals surface area contributed by atoms with Crippen molar-refractivity contribution in [2.24, 2.45) is 0 Å². The van der Waals surface area contributed by atoms with Gasteiger partial charge < -0.3 is 10.6 Å². The summed E-state index contributed by atoms with van der Waals surface area (Å²) in [5, 5.41) is 6.29. The zero-order valence-electron chi connectivity index (χ0n) is 13.4. The molecule has 0 saturated heterocycles. The summed E-state index contributed by atoms with van der Waals surface area (Å²) < 4.78 is 1.06. The van der Waals surface area contributed by atoms with Gasteiger partial charge in [0.2, 0.25) is 5.91 Å². The van der Waals surface area contributed by atoms with E-state index in [4.69, 9.17) is 0 Å². The van der Waals surface area contributed by atoms with Crippen LogP contribution in [0, 0.1) is 0 Å². The summed E-state index contributed by atoms with van der Waals surface area (Å²) in [6, 6.07) is 18.6. The Morgan fingerprint density at radius 1 is 1.09 bits per heavy atom. The second kappa shape index (κ2) is 9.48. The summed E-state index contributed by atoms with van der Waals surface area (Å²) in [4.78, 5) is 12.0. The minimum Gasteiger partial charge on any atom is -0.355 e. The molecular formula is C19H23BrN2O. The first-order chi connectivity index (χ1) is 11.2. The maximum atomic E-state index is 12.0. The summed E-state index contributed by atoms with van der Waals surface area (Å²) in [7, 11) is 0. The van der Waals surface area contributed by atoms with Gasteiger partial charge in [0.25, 0.3) is 0 Å². The van der Waals surface area contributed by atoms with E-state index in [9.17, 15) is 4.79 Å². The zero-order chi connectivity index (χ0) is 16.5. The lowest BCUT2D eigenvalue weighted by Crippen LogP contribution is -2.36. The molecule has 0 heterocycles. The molecule has 0 bridgehead atoms. The van der Waals surface area contributed by atoms with E-state index in [2.05, 4.69) is 57.8 Å². The Bertz CT molecular complexity index is 599. The van der Waals surface area contributed by atoms with Crippen LogP contribution in [0.25, 0.3) is 0 Å². The number of hydrogen-bond acceptors (Lipinski definition) is 2. The Labute approximate surface area is 146 Å². The number of benzene rings is 2. The molecule has 0 spiro atoms. The number of hydrogen-bond donors (Lipinski definition) is 2. The van der Waals surface area contributed by atoms with E-state index in [1.807, 2.05) is 30.3 Å². The molecule has 1 atom stereocenters. The predicted molar refractivity (Wildman–Crippen MR) is 98.3 cm³/mol. The molecule has 0 unspecified atom stereocenters. The monoisotopic (exact) mass is 374 g/mol. The molecule has 2 rings (SSSR count). The van der Waals surface area contributed by atoms with Gasteiger partial charge in [0, 0.05) is 17.1 Å². The van der Waals surface area contributed by atoms with Gasteiger partial charge in [-0.05, 0) is 36.1 Å². The van der Waals surface area contributed by atoms with Gasteiger partial charge in [0.1, 0.15) is 0 Å². The largest absolute Gasteiger partial charge is 0.355 e. The molecule has 3 nitrogen and oxygen atoms in total. The van der Waals surface area contributed by atoms with Crippen molar-refractivity contribution in [2.75, 3.05) is 13.1 Å². The predicted octanol–water partition coefficient (Wildman–Crippen LogP) is 3.85. The van der Waals surface area contributed by atoms with Gasteiger partial charge in [-0.2, -0.15) is 0 Å². The van der Waals surface area contributed by atoms with E-state index in [1.165, 1.54) is 11.1 Å². The Kier molecular flexibility index (Phi) is 7.30. The standard InChI is InChI=1S/C19H23BrN2O/c1-2-18(16-8-10-17(20)11-9-16)22-14-19(23)21-13-12-15-6-4-3-5-7-15/h3-11,18,22H,2,12-14H2,1H3,(H,21,23)/t18-/m1/s1. The molecule has 0 aliphatic carbocycles. The van der Waals surface area contributed by atoms with Gasteiger partial charge in [0.15, 0.2) is 0 Å². The molecule has 1 amide bonds. The molecular weight excluding hydrogens is 352 g/mol. The first-order valence-corrected chi connectivity index (χ1v) is 8.78. The fourth-order valence-electron chi connectivity index (χ4n) is 2.46. The molecule has 0 aliphatic heterocycles. The second-order valence-corrected chi connectivity index (χ2v) is 6.39. The second-order valence-electron chi connectivity index (χ2n) is 5.48. The molecule has 0 fully saturated rings. The summed E-state index contributed by atoms with van der Waals surface area (Å²) >= 11 is 3.44. The lowest BCUT2D eigenvalue weighted by molar-refractivity contribution is -0.120. The van der Waals surface area contributed by atoms with Crippen LogP contribution in [-0.2, 0) is 11.2 Å². The van der Waals surface area contributed by atoms with Gasteiger partial charge in [-0.25, -0.2) is 0 Å². The van der Waals surface area contributed by atoms with Crippen LogP contribution in [-0.4, -0.2) is 19.0 Å². The van der Waals surface area contributed by atoms with E-state index in [0.717, 1.165) is 17.3 Å². The van der Waals surface area contributed by atoms with Crippen LogP contribution >= 0.6 is 15.9 Å². The lowest BCUT2D eigenvalue weighted by Gasteiger charge is -2.17. The van der Waals surface area contributed by atoms with Crippen molar-refractivity contribution >= 4 is 21.8 Å². The van der Waals surface area contributed by atoms with Crippen LogP contribution < -0.4 is 10.6 Å². The fraction of sp³-hybridized carbons (Fsp3) is 0.316. The Hall–Kier alpha value is -1.65. The first kappa shape index (κ1) is 17.7. The van der Waals surface area contributed by atoms with E-state index >= 15 is 0 Å². The van der Waals surface area contributed by atoms with Crippen LogP contribution in [0.4, 0.5) is 0 Å². The van der Waals surface area contributed by atoms with E-state index in [1.54, 1.807) is 0 Å². The summed E-state index contributed by atoms with van der Waals surface area (Å²) in [5.41, 5.74) is 2.44. The zero-order valence-corrected chi connectivity index (χ0v) is 15.0. The van der Waals surface area contributed by atoms with Crippen LogP contribution in [0.5, 0.6) is 0 Å². The highest BCUT2D eigenvalue weighted by Gasteiger charge is 2.10. The third kappa shape index (κ3) is 6.16. The SMILES string of the molecule is CC[C@@H](NCC(=O)NCCc1ccccc1)c1ccc(Br)cc1. The van der Waals surface area contributed by atoms with Crippen LogP contribution in [0.15, 0.2) is 59.1 Å². The highest BCUT2D eigenvalue weighted by Crippen LogP contribution is 2.19. The number of rotatable bonds is 8. The van der Waals surface area contributed by atoms with Crippen molar-refractivity contribution in [2.45, 2.75) is 25.8 Å². The van der Waals surface area contributed by atoms with Crippen molar-refractivity contribution in [1.82, 2.24) is 10.6 Å². The molecule has 4 heteroatoms. The normalized spacial score (nSPS) is 11.9. The maximum Gasteiger partial charge on any atom is 0.233 e. The minimum absolute atomic E-state index is 0.0384. The molecule has 2 N–H and O–H groups in total. The third-order valence-corrected chi connectivity index (χ3v) is 4.30. The quantitative estimate of drug-likeness (QED) is 0.736. The van der Waals surface area contributed by atoms with Crippen molar-refractivity contribution in [3.8, 4) is 0 Å². The van der Waals surface area contributed by atoms with Gasteiger partial charge in [0.05, 0.1) is 6.54 Å². The molecule has 0 aliphatic rings. The lowest BCUT2D eigenvalue weighted by atomic mass is 10.0. The number of halogens is 1. The molecule has 0 saturated carbocycles. The summed E-state index contributed by atoms with van der Waals surface area (Å²) in [5.74, 6) is 0.0384. The van der Waals surface area contributed by atoms with Crippen molar-refractivity contribution < 1.29 is 4.79 Å². The average molecular weight is 375 g/mol. The minimum atomic E-state index is 0.0384. The highest BCUT2D eigenvalue weighted by molar-refractivity contribution is 9.10. The topological polar surface area (TPSA) is 41.1 Å². The molecule has 0 aromatic heterocycles. The third-order valence-electron chi connectivity index (χ3n) is 3.77. The smallest absolute Gasteiger partial charge is 0.233 e. The van der Waals surface area contributed by atoms with Crippen molar-refractivity contribution in [1.29, 1.82) is 0 Å². The Morgan fingerprint density at radius 3 is 2.43 bits per heavy atom. The fourth-order valence-corrected chi connectivity index (χ4v) is 2.73. The van der Waals surface area contributed by atoms with E-state index < -0.39 is 0 Å². The van der Waals surface area contributed by atoms with E-state index in [-0.39, 0.29) is 11.9 Å². The summed E-state index contributed by atoms with van der Waals surface area (Å²) in [6.45, 7) is 3.12. The van der Waals surface area contributed by atoms with Crippen LogP contribution in [0.3, 0.4) is 0 Å². The number of carbonyl (C=O) groups excluding carboxylic acids is 1.